The average molecular weight is 282 g/mol. The highest BCUT2D eigenvalue weighted by atomic mass is 35.5. The van der Waals surface area contributed by atoms with Crippen molar-refractivity contribution in [3.8, 4) is 17.0 Å². The number of rotatable bonds is 5. The van der Waals surface area contributed by atoms with Crippen molar-refractivity contribution in [2.24, 2.45) is 7.05 Å². The largest absolute Gasteiger partial charge is 0.492 e. The SMILES string of the molecule is Cn1ncc(-c2cc(Cl)ccc2OCCC(=O)O)n1. The summed E-state index contributed by atoms with van der Waals surface area (Å²) in [5.74, 6) is -0.374. The van der Waals surface area contributed by atoms with Gasteiger partial charge in [-0.2, -0.15) is 15.0 Å². The molecule has 0 saturated carbocycles. The van der Waals surface area contributed by atoms with Gasteiger partial charge in [0.2, 0.25) is 0 Å². The van der Waals surface area contributed by atoms with Gasteiger partial charge in [0.25, 0.3) is 0 Å². The van der Waals surface area contributed by atoms with Crippen molar-refractivity contribution in [2.75, 3.05) is 6.61 Å². The van der Waals surface area contributed by atoms with Crippen molar-refractivity contribution in [2.45, 2.75) is 6.42 Å². The summed E-state index contributed by atoms with van der Waals surface area (Å²) < 4.78 is 5.45. The highest BCUT2D eigenvalue weighted by Gasteiger charge is 2.11. The topological polar surface area (TPSA) is 77.2 Å². The Hall–Kier alpha value is -2.08. The van der Waals surface area contributed by atoms with Gasteiger partial charge in [-0.25, -0.2) is 0 Å². The molecule has 1 aromatic heterocycles. The van der Waals surface area contributed by atoms with Crippen LogP contribution in [-0.4, -0.2) is 32.7 Å². The molecule has 0 spiro atoms. The summed E-state index contributed by atoms with van der Waals surface area (Å²) in [6.07, 6.45) is 1.53. The second-order valence-corrected chi connectivity index (χ2v) is 4.29. The number of aromatic nitrogens is 3. The van der Waals surface area contributed by atoms with Crippen LogP contribution in [0.2, 0.25) is 5.02 Å². The molecule has 0 bridgehead atoms. The number of carbonyl (C=O) groups is 1. The van der Waals surface area contributed by atoms with Crippen LogP contribution in [0.1, 0.15) is 6.42 Å². The maximum Gasteiger partial charge on any atom is 0.306 e. The van der Waals surface area contributed by atoms with E-state index in [2.05, 4.69) is 10.2 Å². The van der Waals surface area contributed by atoms with E-state index in [0.717, 1.165) is 0 Å². The van der Waals surface area contributed by atoms with Gasteiger partial charge in [0.1, 0.15) is 11.4 Å². The molecule has 19 heavy (non-hydrogen) atoms. The van der Waals surface area contributed by atoms with E-state index >= 15 is 0 Å². The molecule has 1 heterocycles. The maximum absolute atomic E-state index is 10.5. The smallest absolute Gasteiger partial charge is 0.306 e. The van der Waals surface area contributed by atoms with Gasteiger partial charge in [-0.3, -0.25) is 4.79 Å². The predicted molar refractivity (Wildman–Crippen MR) is 69.2 cm³/mol. The molecular formula is C12H12ClN3O3. The number of benzene rings is 1. The van der Waals surface area contributed by atoms with E-state index in [4.69, 9.17) is 21.4 Å². The number of aryl methyl sites for hydroxylation is 1. The van der Waals surface area contributed by atoms with Crippen molar-refractivity contribution in [1.82, 2.24) is 15.0 Å². The van der Waals surface area contributed by atoms with Crippen LogP contribution in [0, 0.1) is 0 Å². The fourth-order valence-corrected chi connectivity index (χ4v) is 1.72. The molecule has 2 rings (SSSR count). The minimum atomic E-state index is -0.907. The van der Waals surface area contributed by atoms with Crippen LogP contribution in [0.4, 0.5) is 0 Å². The summed E-state index contributed by atoms with van der Waals surface area (Å²) in [7, 11) is 1.71. The molecule has 0 aliphatic rings. The summed E-state index contributed by atoms with van der Waals surface area (Å²) >= 11 is 5.95. The van der Waals surface area contributed by atoms with Crippen LogP contribution in [0.5, 0.6) is 5.75 Å². The lowest BCUT2D eigenvalue weighted by Crippen LogP contribution is -2.05. The number of aliphatic carboxylic acids is 1. The fourth-order valence-electron chi connectivity index (χ4n) is 1.55. The number of ether oxygens (including phenoxy) is 1. The minimum absolute atomic E-state index is 0.0669. The number of carboxylic acid groups (broad SMARTS) is 1. The highest BCUT2D eigenvalue weighted by molar-refractivity contribution is 6.30. The average Bonchev–Trinajstić information content (AvgIpc) is 2.77. The first-order chi connectivity index (χ1) is 9.06. The van der Waals surface area contributed by atoms with Crippen molar-refractivity contribution >= 4 is 17.6 Å². The van der Waals surface area contributed by atoms with E-state index in [0.29, 0.717) is 22.0 Å². The third-order valence-electron chi connectivity index (χ3n) is 2.39. The van der Waals surface area contributed by atoms with Crippen LogP contribution < -0.4 is 4.74 Å². The molecule has 1 aromatic carbocycles. The minimum Gasteiger partial charge on any atom is -0.492 e. The Balaban J connectivity index is 2.25. The fraction of sp³-hybridized carbons (Fsp3) is 0.250. The number of hydrogen-bond acceptors (Lipinski definition) is 4. The zero-order valence-electron chi connectivity index (χ0n) is 10.2. The summed E-state index contributed by atoms with van der Waals surface area (Å²) in [4.78, 5) is 11.9. The van der Waals surface area contributed by atoms with Gasteiger partial charge in [-0.15, -0.1) is 0 Å². The van der Waals surface area contributed by atoms with Gasteiger partial charge in [-0.1, -0.05) is 11.6 Å². The molecule has 0 fully saturated rings. The lowest BCUT2D eigenvalue weighted by molar-refractivity contribution is -0.137. The number of hydrogen-bond donors (Lipinski definition) is 1. The first-order valence-corrected chi connectivity index (χ1v) is 5.95. The summed E-state index contributed by atoms with van der Waals surface area (Å²) in [6.45, 7) is 0.0875. The van der Waals surface area contributed by atoms with Crippen LogP contribution in [0.25, 0.3) is 11.3 Å². The summed E-state index contributed by atoms with van der Waals surface area (Å²) in [5.41, 5.74) is 1.31. The molecule has 0 aliphatic carbocycles. The van der Waals surface area contributed by atoms with Gasteiger partial charge in [0.05, 0.1) is 19.2 Å². The number of nitrogens with zero attached hydrogens (tertiary/aromatic N) is 3. The molecule has 7 heteroatoms. The maximum atomic E-state index is 10.5. The molecule has 0 atom stereocenters. The van der Waals surface area contributed by atoms with E-state index in [1.54, 1.807) is 31.4 Å². The molecule has 6 nitrogen and oxygen atoms in total. The molecular weight excluding hydrogens is 270 g/mol. The van der Waals surface area contributed by atoms with Gasteiger partial charge in [0.15, 0.2) is 0 Å². The Morgan fingerprint density at radius 3 is 2.95 bits per heavy atom. The highest BCUT2D eigenvalue weighted by Crippen LogP contribution is 2.31. The van der Waals surface area contributed by atoms with Crippen molar-refractivity contribution in [3.05, 3.63) is 29.4 Å². The van der Waals surface area contributed by atoms with Crippen LogP contribution in [0.3, 0.4) is 0 Å². The predicted octanol–water partition coefficient (Wildman–Crippen LogP) is 1.99. The molecule has 0 saturated heterocycles. The van der Waals surface area contributed by atoms with E-state index in [1.165, 1.54) is 4.80 Å². The Morgan fingerprint density at radius 2 is 2.32 bits per heavy atom. The molecule has 2 aromatic rings. The van der Waals surface area contributed by atoms with Gasteiger partial charge >= 0.3 is 5.97 Å². The Morgan fingerprint density at radius 1 is 1.53 bits per heavy atom. The second-order valence-electron chi connectivity index (χ2n) is 3.85. The van der Waals surface area contributed by atoms with E-state index in [9.17, 15) is 4.79 Å². The number of halogens is 1. The first kappa shape index (κ1) is 13.4. The summed E-state index contributed by atoms with van der Waals surface area (Å²) in [6, 6.07) is 5.08. The molecule has 0 aliphatic heterocycles. The lowest BCUT2D eigenvalue weighted by atomic mass is 10.1. The van der Waals surface area contributed by atoms with Crippen molar-refractivity contribution < 1.29 is 14.6 Å². The van der Waals surface area contributed by atoms with Crippen LogP contribution in [0.15, 0.2) is 24.4 Å². The van der Waals surface area contributed by atoms with Gasteiger partial charge in [-0.05, 0) is 18.2 Å². The van der Waals surface area contributed by atoms with E-state index in [-0.39, 0.29) is 13.0 Å². The monoisotopic (exact) mass is 281 g/mol. The Labute approximate surface area is 114 Å². The van der Waals surface area contributed by atoms with E-state index in [1.807, 2.05) is 0 Å². The normalized spacial score (nSPS) is 10.4. The Kier molecular flexibility index (Phi) is 4.01. The zero-order chi connectivity index (χ0) is 13.8. The second kappa shape index (κ2) is 5.71. The quantitative estimate of drug-likeness (QED) is 0.907. The van der Waals surface area contributed by atoms with Gasteiger partial charge in [0, 0.05) is 17.6 Å². The van der Waals surface area contributed by atoms with Crippen molar-refractivity contribution in [1.29, 1.82) is 0 Å². The third kappa shape index (κ3) is 3.45. The van der Waals surface area contributed by atoms with Crippen LogP contribution >= 0.6 is 11.6 Å². The van der Waals surface area contributed by atoms with Crippen LogP contribution in [-0.2, 0) is 11.8 Å². The van der Waals surface area contributed by atoms with E-state index < -0.39 is 5.97 Å². The lowest BCUT2D eigenvalue weighted by Gasteiger charge is -2.09. The van der Waals surface area contributed by atoms with Gasteiger partial charge < -0.3 is 9.84 Å². The third-order valence-corrected chi connectivity index (χ3v) is 2.63. The molecule has 0 amide bonds. The Bertz CT molecular complexity index is 598. The molecule has 0 unspecified atom stereocenters. The van der Waals surface area contributed by atoms with Crippen molar-refractivity contribution in [3.63, 3.8) is 0 Å². The number of carboxylic acids is 1. The zero-order valence-corrected chi connectivity index (χ0v) is 11.0. The standard InChI is InChI=1S/C12H12ClN3O3/c1-16-14-7-10(15-16)9-6-8(13)2-3-11(9)19-5-4-12(17)18/h2-3,6-7H,4-5H2,1H3,(H,17,18). The molecule has 100 valence electrons. The molecule has 0 radical (unpaired) electrons. The summed E-state index contributed by atoms with van der Waals surface area (Å²) in [5, 5.41) is 17.3. The molecule has 1 N–H and O–H groups in total. The first-order valence-electron chi connectivity index (χ1n) is 5.57.